The molecule has 1 aliphatic heterocycles. The van der Waals surface area contributed by atoms with Gasteiger partial charge in [-0.25, -0.2) is 13.8 Å². The van der Waals surface area contributed by atoms with E-state index in [1.807, 2.05) is 31.2 Å². The third-order valence-corrected chi connectivity index (χ3v) is 5.98. The second kappa shape index (κ2) is 8.91. The average molecular weight is 456 g/mol. The Hall–Kier alpha value is -3.53. The first-order chi connectivity index (χ1) is 15.3. The van der Waals surface area contributed by atoms with Crippen molar-refractivity contribution in [3.63, 3.8) is 0 Å². The van der Waals surface area contributed by atoms with Crippen LogP contribution < -0.4 is 16.2 Å². The number of thioether (sulfide) groups is 1. The van der Waals surface area contributed by atoms with Crippen LogP contribution in [0.4, 0.5) is 20.3 Å². The number of aromatic nitrogens is 2. The number of nitrogens with zero attached hydrogens (tertiary/aromatic N) is 1. The molecular formula is C22H18F2N4O3S. The molecule has 2 heterocycles. The summed E-state index contributed by atoms with van der Waals surface area (Å²) in [7, 11) is 0. The van der Waals surface area contributed by atoms with E-state index >= 15 is 0 Å². The van der Waals surface area contributed by atoms with Crippen LogP contribution >= 0.6 is 11.8 Å². The van der Waals surface area contributed by atoms with Gasteiger partial charge in [0.05, 0.1) is 17.2 Å². The summed E-state index contributed by atoms with van der Waals surface area (Å²) < 4.78 is 27.0. The van der Waals surface area contributed by atoms with Crippen LogP contribution in [0.3, 0.4) is 0 Å². The number of carbonyl (C=O) groups is 2. The van der Waals surface area contributed by atoms with Crippen molar-refractivity contribution in [1.82, 2.24) is 9.97 Å². The number of hydrogen-bond acceptors (Lipinski definition) is 5. The van der Waals surface area contributed by atoms with Crippen molar-refractivity contribution in [3.05, 3.63) is 81.1 Å². The summed E-state index contributed by atoms with van der Waals surface area (Å²) in [5, 5.41) is 5.14. The predicted octanol–water partition coefficient (Wildman–Crippen LogP) is 3.71. The number of amides is 2. The minimum absolute atomic E-state index is 0.00277. The third kappa shape index (κ3) is 4.54. The van der Waals surface area contributed by atoms with Crippen molar-refractivity contribution in [2.24, 2.45) is 0 Å². The van der Waals surface area contributed by atoms with E-state index in [2.05, 4.69) is 20.6 Å². The van der Waals surface area contributed by atoms with E-state index < -0.39 is 34.9 Å². The van der Waals surface area contributed by atoms with Gasteiger partial charge in [-0.3, -0.25) is 14.4 Å². The number of aromatic amines is 1. The third-order valence-electron chi connectivity index (χ3n) is 5.06. The number of H-pyrrole nitrogens is 1. The predicted molar refractivity (Wildman–Crippen MR) is 117 cm³/mol. The molecule has 0 fully saturated rings. The topological polar surface area (TPSA) is 104 Å². The molecular weight excluding hydrogens is 438 g/mol. The Kier molecular flexibility index (Phi) is 6.04. The second-order valence-corrected chi connectivity index (χ2v) is 8.23. The number of nitrogens with one attached hydrogen (secondary N) is 3. The zero-order chi connectivity index (χ0) is 22.8. The largest absolute Gasteiger partial charge is 0.323 e. The number of halogens is 2. The Bertz CT molecular complexity index is 1280. The Balaban J connectivity index is 1.59. The molecule has 1 atom stereocenters. The summed E-state index contributed by atoms with van der Waals surface area (Å²) in [6.07, 6.45) is -0.303. The molecule has 7 nitrogen and oxygen atoms in total. The first-order valence-electron chi connectivity index (χ1n) is 9.69. The number of benzene rings is 2. The van der Waals surface area contributed by atoms with Crippen LogP contribution in [0.15, 0.2) is 52.4 Å². The fourth-order valence-electron chi connectivity index (χ4n) is 3.37. The minimum Gasteiger partial charge on any atom is -0.323 e. The van der Waals surface area contributed by atoms with Crippen LogP contribution in [-0.4, -0.2) is 21.8 Å². The molecule has 164 valence electrons. The highest BCUT2D eigenvalue weighted by Gasteiger charge is 2.35. The molecule has 1 aliphatic rings. The quantitative estimate of drug-likeness (QED) is 0.401. The number of hydrogen-bond donors (Lipinski definition) is 3. The molecule has 4 rings (SSSR count). The molecule has 10 heteroatoms. The minimum atomic E-state index is -1.17. The van der Waals surface area contributed by atoms with Crippen LogP contribution in [0.5, 0.6) is 0 Å². The Labute approximate surface area is 185 Å². The van der Waals surface area contributed by atoms with Gasteiger partial charge < -0.3 is 15.6 Å². The van der Waals surface area contributed by atoms with Gasteiger partial charge in [-0.15, -0.1) is 0 Å². The lowest BCUT2D eigenvalue weighted by atomic mass is 9.92. The van der Waals surface area contributed by atoms with E-state index in [1.54, 1.807) is 0 Å². The first kappa shape index (κ1) is 21.7. The first-order valence-corrected chi connectivity index (χ1v) is 10.7. The summed E-state index contributed by atoms with van der Waals surface area (Å²) >= 11 is 1.29. The second-order valence-electron chi connectivity index (χ2n) is 7.27. The van der Waals surface area contributed by atoms with Gasteiger partial charge in [0.15, 0.2) is 5.16 Å². The molecule has 0 spiro atoms. The lowest BCUT2D eigenvalue weighted by Gasteiger charge is -2.23. The molecule has 0 radical (unpaired) electrons. The monoisotopic (exact) mass is 456 g/mol. The smallest absolute Gasteiger partial charge is 0.257 e. The van der Waals surface area contributed by atoms with E-state index in [4.69, 9.17) is 0 Å². The van der Waals surface area contributed by atoms with Gasteiger partial charge in [-0.2, -0.15) is 0 Å². The maximum Gasteiger partial charge on any atom is 0.257 e. The standard InChI is InChI=1S/C22H18F2N4O3S/c1-11-4-2-3-5-12(11)10-32-22-27-19-18(21(31)28-22)14(9-17(29)26-19)20(30)25-16-7-6-13(23)8-15(16)24/h2-8,14H,9-10H2,1H3,(H,25,30)(H2,26,27,28,29,31)/t14-/m1/s1. The molecule has 1 aromatic heterocycles. The van der Waals surface area contributed by atoms with Gasteiger partial charge in [-0.05, 0) is 30.2 Å². The molecule has 0 saturated heterocycles. The summed E-state index contributed by atoms with van der Waals surface area (Å²) in [5.41, 5.74) is 1.34. The SMILES string of the molecule is Cc1ccccc1CSc1nc2c(c(=O)[nH]1)[C@H](C(=O)Nc1ccc(F)cc1F)CC(=O)N2. The average Bonchev–Trinajstić information content (AvgIpc) is 2.74. The fraction of sp³-hybridized carbons (Fsp3) is 0.182. The van der Waals surface area contributed by atoms with E-state index in [9.17, 15) is 23.2 Å². The van der Waals surface area contributed by atoms with E-state index in [-0.39, 0.29) is 23.5 Å². The van der Waals surface area contributed by atoms with E-state index in [1.165, 1.54) is 11.8 Å². The Morgan fingerprint density at radius 2 is 2.00 bits per heavy atom. The normalized spacial score (nSPS) is 15.1. The number of rotatable bonds is 5. The van der Waals surface area contributed by atoms with Gasteiger partial charge in [0.2, 0.25) is 11.8 Å². The molecule has 0 saturated carbocycles. The molecule has 2 aromatic carbocycles. The highest BCUT2D eigenvalue weighted by Crippen LogP contribution is 2.31. The van der Waals surface area contributed by atoms with Gasteiger partial charge >= 0.3 is 0 Å². The molecule has 3 N–H and O–H groups in total. The van der Waals surface area contributed by atoms with Crippen molar-refractivity contribution in [2.75, 3.05) is 10.6 Å². The van der Waals surface area contributed by atoms with Crippen LogP contribution in [0.2, 0.25) is 0 Å². The molecule has 0 bridgehead atoms. The molecule has 0 unspecified atom stereocenters. The number of aryl methyl sites for hydroxylation is 1. The lowest BCUT2D eigenvalue weighted by molar-refractivity contribution is -0.123. The summed E-state index contributed by atoms with van der Waals surface area (Å²) in [6.45, 7) is 1.98. The summed E-state index contributed by atoms with van der Waals surface area (Å²) in [5.74, 6) is -3.64. The van der Waals surface area contributed by atoms with Gasteiger partial charge in [0.25, 0.3) is 5.56 Å². The van der Waals surface area contributed by atoms with Crippen LogP contribution in [0.25, 0.3) is 0 Å². The maximum absolute atomic E-state index is 13.9. The van der Waals surface area contributed by atoms with Gasteiger partial charge in [-0.1, -0.05) is 36.0 Å². The summed E-state index contributed by atoms with van der Waals surface area (Å²) in [6, 6.07) is 10.5. The van der Waals surface area contributed by atoms with Gasteiger partial charge in [0, 0.05) is 18.2 Å². The van der Waals surface area contributed by atoms with Crippen LogP contribution in [0, 0.1) is 18.6 Å². The molecule has 2 amide bonds. The van der Waals surface area contributed by atoms with E-state index in [0.29, 0.717) is 17.0 Å². The van der Waals surface area contributed by atoms with Crippen molar-refractivity contribution in [1.29, 1.82) is 0 Å². The Morgan fingerprint density at radius 3 is 2.75 bits per heavy atom. The van der Waals surface area contributed by atoms with Crippen molar-refractivity contribution in [3.8, 4) is 0 Å². The van der Waals surface area contributed by atoms with Crippen molar-refractivity contribution >= 4 is 35.1 Å². The zero-order valence-electron chi connectivity index (χ0n) is 16.9. The van der Waals surface area contributed by atoms with Crippen LogP contribution in [0.1, 0.15) is 29.0 Å². The molecule has 3 aromatic rings. The number of anilines is 2. The van der Waals surface area contributed by atoms with Crippen molar-refractivity contribution in [2.45, 2.75) is 30.2 Å². The maximum atomic E-state index is 13.9. The molecule has 32 heavy (non-hydrogen) atoms. The number of fused-ring (bicyclic) bond motifs is 1. The highest BCUT2D eigenvalue weighted by atomic mass is 32.2. The fourth-order valence-corrected chi connectivity index (χ4v) is 4.31. The van der Waals surface area contributed by atoms with Crippen LogP contribution in [-0.2, 0) is 15.3 Å². The lowest BCUT2D eigenvalue weighted by Crippen LogP contribution is -2.36. The highest BCUT2D eigenvalue weighted by molar-refractivity contribution is 7.98. The Morgan fingerprint density at radius 1 is 1.22 bits per heavy atom. The van der Waals surface area contributed by atoms with Crippen molar-refractivity contribution < 1.29 is 18.4 Å². The zero-order valence-corrected chi connectivity index (χ0v) is 17.7. The number of carbonyl (C=O) groups excluding carboxylic acids is 2. The van der Waals surface area contributed by atoms with E-state index in [0.717, 1.165) is 23.3 Å². The van der Waals surface area contributed by atoms with Gasteiger partial charge in [0.1, 0.15) is 17.5 Å². The summed E-state index contributed by atoms with van der Waals surface area (Å²) in [4.78, 5) is 44.7. The molecule has 0 aliphatic carbocycles.